The van der Waals surface area contributed by atoms with Crippen LogP contribution in [0.5, 0.6) is 0 Å². The molecule has 1 unspecified atom stereocenters. The predicted octanol–water partition coefficient (Wildman–Crippen LogP) is 3.86. The minimum absolute atomic E-state index is 0.470. The van der Waals surface area contributed by atoms with Crippen LogP contribution in [0.1, 0.15) is 17.2 Å². The second-order valence-corrected chi connectivity index (χ2v) is 4.36. The lowest BCUT2D eigenvalue weighted by atomic mass is 10.0. The summed E-state index contributed by atoms with van der Waals surface area (Å²) in [5, 5.41) is 11.0. The Morgan fingerprint density at radius 2 is 2.06 bits per heavy atom. The number of hydrogen-bond acceptors (Lipinski definition) is 2. The molecule has 0 amide bonds. The molecule has 0 aliphatic heterocycles. The zero-order valence-electron chi connectivity index (χ0n) is 8.36. The van der Waals surface area contributed by atoms with Crippen LogP contribution in [0.3, 0.4) is 0 Å². The summed E-state index contributed by atoms with van der Waals surface area (Å²) in [5.41, 5.74) is 1.60. The van der Waals surface area contributed by atoms with Gasteiger partial charge in [-0.15, -0.1) is 0 Å². The summed E-state index contributed by atoms with van der Waals surface area (Å²) in [6, 6.07) is 6.88. The van der Waals surface area contributed by atoms with Gasteiger partial charge in [0.1, 0.15) is 0 Å². The van der Waals surface area contributed by atoms with Crippen molar-refractivity contribution >= 4 is 23.2 Å². The summed E-state index contributed by atoms with van der Waals surface area (Å²) in [4.78, 5) is 0. The number of benzene rings is 1. The standard InChI is InChI=1S/C12H10Cl2O2/c13-9-1-2-10(11(14)6-9)12(15)5-8-3-4-16-7-8/h1-4,6-7,12,15H,5H2. The lowest BCUT2D eigenvalue weighted by Gasteiger charge is -2.11. The smallest absolute Gasteiger partial charge is 0.0935 e. The minimum atomic E-state index is -0.651. The maximum atomic E-state index is 9.99. The Labute approximate surface area is 103 Å². The predicted molar refractivity (Wildman–Crippen MR) is 63.8 cm³/mol. The van der Waals surface area contributed by atoms with Crippen molar-refractivity contribution in [3.63, 3.8) is 0 Å². The molecule has 4 heteroatoms. The van der Waals surface area contributed by atoms with Crippen molar-refractivity contribution < 1.29 is 9.52 Å². The molecule has 0 radical (unpaired) electrons. The van der Waals surface area contributed by atoms with E-state index in [0.29, 0.717) is 22.0 Å². The van der Waals surface area contributed by atoms with Gasteiger partial charge in [0, 0.05) is 16.5 Å². The zero-order chi connectivity index (χ0) is 11.5. The van der Waals surface area contributed by atoms with Crippen LogP contribution >= 0.6 is 23.2 Å². The van der Waals surface area contributed by atoms with Crippen LogP contribution in [0.4, 0.5) is 0 Å². The van der Waals surface area contributed by atoms with E-state index >= 15 is 0 Å². The minimum Gasteiger partial charge on any atom is -0.472 e. The molecular formula is C12H10Cl2O2. The number of furan rings is 1. The lowest BCUT2D eigenvalue weighted by molar-refractivity contribution is 0.178. The SMILES string of the molecule is OC(Cc1ccoc1)c1ccc(Cl)cc1Cl. The van der Waals surface area contributed by atoms with E-state index in [2.05, 4.69) is 0 Å². The summed E-state index contributed by atoms with van der Waals surface area (Å²) in [5.74, 6) is 0. The van der Waals surface area contributed by atoms with Gasteiger partial charge in [0.05, 0.1) is 18.6 Å². The van der Waals surface area contributed by atoms with E-state index < -0.39 is 6.10 Å². The van der Waals surface area contributed by atoms with E-state index in [1.807, 2.05) is 6.07 Å². The highest BCUT2D eigenvalue weighted by Crippen LogP contribution is 2.28. The summed E-state index contributed by atoms with van der Waals surface area (Å²) < 4.78 is 4.94. The van der Waals surface area contributed by atoms with Gasteiger partial charge in [-0.1, -0.05) is 29.3 Å². The Hall–Kier alpha value is -0.960. The Morgan fingerprint density at radius 3 is 2.69 bits per heavy atom. The van der Waals surface area contributed by atoms with Crippen molar-refractivity contribution in [1.82, 2.24) is 0 Å². The second kappa shape index (κ2) is 4.91. The monoisotopic (exact) mass is 256 g/mol. The fourth-order valence-corrected chi connectivity index (χ4v) is 2.05. The molecule has 1 aromatic carbocycles. The molecule has 2 aromatic rings. The molecule has 1 aromatic heterocycles. The Balaban J connectivity index is 2.17. The molecule has 1 heterocycles. The maximum absolute atomic E-state index is 9.99. The van der Waals surface area contributed by atoms with E-state index in [9.17, 15) is 5.11 Å². The van der Waals surface area contributed by atoms with E-state index in [4.69, 9.17) is 27.6 Å². The Bertz CT molecular complexity index is 466. The molecule has 1 N–H and O–H groups in total. The fourth-order valence-electron chi connectivity index (χ4n) is 1.51. The first-order valence-electron chi connectivity index (χ1n) is 4.81. The van der Waals surface area contributed by atoms with Crippen molar-refractivity contribution in [2.24, 2.45) is 0 Å². The van der Waals surface area contributed by atoms with Crippen LogP contribution in [-0.2, 0) is 6.42 Å². The third-order valence-corrected chi connectivity index (χ3v) is 2.89. The molecule has 84 valence electrons. The van der Waals surface area contributed by atoms with Crippen LogP contribution in [0.15, 0.2) is 41.2 Å². The average molecular weight is 257 g/mol. The quantitative estimate of drug-likeness (QED) is 0.905. The molecule has 2 rings (SSSR count). The summed E-state index contributed by atoms with van der Waals surface area (Å²) in [6.45, 7) is 0. The van der Waals surface area contributed by atoms with Gasteiger partial charge in [-0.2, -0.15) is 0 Å². The van der Waals surface area contributed by atoms with Crippen molar-refractivity contribution in [1.29, 1.82) is 0 Å². The topological polar surface area (TPSA) is 33.4 Å². The molecule has 0 saturated carbocycles. The second-order valence-electron chi connectivity index (χ2n) is 3.52. The molecule has 0 aliphatic rings. The van der Waals surface area contributed by atoms with Crippen molar-refractivity contribution in [3.05, 3.63) is 58.0 Å². The maximum Gasteiger partial charge on any atom is 0.0935 e. The lowest BCUT2D eigenvalue weighted by Crippen LogP contribution is -2.01. The third-order valence-electron chi connectivity index (χ3n) is 2.33. The van der Waals surface area contributed by atoms with Gasteiger partial charge in [0.2, 0.25) is 0 Å². The molecule has 2 nitrogen and oxygen atoms in total. The summed E-state index contributed by atoms with van der Waals surface area (Å²) >= 11 is 11.8. The van der Waals surface area contributed by atoms with Gasteiger partial charge in [0.25, 0.3) is 0 Å². The largest absolute Gasteiger partial charge is 0.472 e. The van der Waals surface area contributed by atoms with Crippen molar-refractivity contribution in [3.8, 4) is 0 Å². The molecule has 0 fully saturated rings. The van der Waals surface area contributed by atoms with Gasteiger partial charge >= 0.3 is 0 Å². The summed E-state index contributed by atoms with van der Waals surface area (Å²) in [6.07, 6.45) is 3.00. The van der Waals surface area contributed by atoms with Gasteiger partial charge < -0.3 is 9.52 Å². The number of aliphatic hydroxyl groups excluding tert-OH is 1. The number of halogens is 2. The first kappa shape index (κ1) is 11.5. The first-order valence-corrected chi connectivity index (χ1v) is 5.56. The van der Waals surface area contributed by atoms with E-state index in [-0.39, 0.29) is 0 Å². The number of aliphatic hydroxyl groups is 1. The van der Waals surface area contributed by atoms with E-state index in [1.54, 1.807) is 30.7 Å². The molecule has 0 bridgehead atoms. The van der Waals surface area contributed by atoms with Crippen LogP contribution in [0.25, 0.3) is 0 Å². The van der Waals surface area contributed by atoms with Crippen LogP contribution in [0.2, 0.25) is 10.0 Å². The van der Waals surface area contributed by atoms with Crippen molar-refractivity contribution in [2.45, 2.75) is 12.5 Å². The zero-order valence-corrected chi connectivity index (χ0v) is 9.87. The normalized spacial score (nSPS) is 12.7. The third kappa shape index (κ3) is 2.59. The highest BCUT2D eigenvalue weighted by molar-refractivity contribution is 6.35. The molecule has 16 heavy (non-hydrogen) atoms. The van der Waals surface area contributed by atoms with Crippen LogP contribution < -0.4 is 0 Å². The van der Waals surface area contributed by atoms with Gasteiger partial charge in [-0.05, 0) is 29.3 Å². The average Bonchev–Trinajstić information content (AvgIpc) is 2.70. The highest BCUT2D eigenvalue weighted by Gasteiger charge is 2.13. The summed E-state index contributed by atoms with van der Waals surface area (Å²) in [7, 11) is 0. The number of rotatable bonds is 3. The number of hydrogen-bond donors (Lipinski definition) is 1. The van der Waals surface area contributed by atoms with E-state index in [0.717, 1.165) is 5.56 Å². The molecule has 0 spiro atoms. The van der Waals surface area contributed by atoms with Gasteiger partial charge in [-0.3, -0.25) is 0 Å². The molecule has 0 aliphatic carbocycles. The van der Waals surface area contributed by atoms with E-state index in [1.165, 1.54) is 0 Å². The van der Waals surface area contributed by atoms with Gasteiger partial charge in [-0.25, -0.2) is 0 Å². The van der Waals surface area contributed by atoms with Gasteiger partial charge in [0.15, 0.2) is 0 Å². The molecular weight excluding hydrogens is 247 g/mol. The highest BCUT2D eigenvalue weighted by atomic mass is 35.5. The molecule has 0 saturated heterocycles. The molecule has 1 atom stereocenters. The Kier molecular flexibility index (Phi) is 3.54. The fraction of sp³-hybridized carbons (Fsp3) is 0.167. The first-order chi connectivity index (χ1) is 7.66. The van der Waals surface area contributed by atoms with Crippen LogP contribution in [-0.4, -0.2) is 5.11 Å². The Morgan fingerprint density at radius 1 is 1.25 bits per heavy atom. The van der Waals surface area contributed by atoms with Crippen molar-refractivity contribution in [2.75, 3.05) is 0 Å². The van der Waals surface area contributed by atoms with Crippen LogP contribution in [0, 0.1) is 0 Å².